The fraction of sp³-hybridized carbons (Fsp3) is 0.611. The van der Waals surface area contributed by atoms with Crippen LogP contribution in [0.2, 0.25) is 0 Å². The van der Waals surface area contributed by atoms with Gasteiger partial charge in [-0.3, -0.25) is 14.6 Å². The van der Waals surface area contributed by atoms with Gasteiger partial charge in [0.05, 0.1) is 5.56 Å². The number of nitrogens with zero attached hydrogens (tertiary/aromatic N) is 1. The van der Waals surface area contributed by atoms with Crippen LogP contribution < -0.4 is 10.6 Å². The van der Waals surface area contributed by atoms with E-state index in [1.54, 1.807) is 12.3 Å². The van der Waals surface area contributed by atoms with E-state index in [0.717, 1.165) is 37.8 Å². The third kappa shape index (κ3) is 4.53. The third-order valence-corrected chi connectivity index (χ3v) is 4.48. The Morgan fingerprint density at radius 3 is 2.57 bits per heavy atom. The molecule has 1 aliphatic carbocycles. The Hall–Kier alpha value is -1.91. The van der Waals surface area contributed by atoms with Gasteiger partial charge in [-0.1, -0.05) is 32.6 Å². The first kappa shape index (κ1) is 17.4. The molecule has 0 bridgehead atoms. The Kier molecular flexibility index (Phi) is 6.13. The SMILES string of the molecule is CCCCNC(=O)C1(NC(=O)c2ccc(C)nc2)CCCCC1. The Labute approximate surface area is 138 Å². The second-order valence-electron chi connectivity index (χ2n) is 6.39. The lowest BCUT2D eigenvalue weighted by Gasteiger charge is -2.36. The maximum atomic E-state index is 12.7. The van der Waals surface area contributed by atoms with E-state index >= 15 is 0 Å². The normalized spacial score (nSPS) is 16.6. The second kappa shape index (κ2) is 8.09. The van der Waals surface area contributed by atoms with Crippen LogP contribution in [-0.4, -0.2) is 28.9 Å². The van der Waals surface area contributed by atoms with Gasteiger partial charge in [0.2, 0.25) is 5.91 Å². The van der Waals surface area contributed by atoms with Crippen LogP contribution in [0.3, 0.4) is 0 Å². The predicted octanol–water partition coefficient (Wildman–Crippen LogP) is 2.74. The van der Waals surface area contributed by atoms with Crippen molar-refractivity contribution in [3.8, 4) is 0 Å². The molecule has 1 aliphatic rings. The lowest BCUT2D eigenvalue weighted by molar-refractivity contribution is -0.128. The Balaban J connectivity index is 2.09. The number of hydrogen-bond donors (Lipinski definition) is 2. The van der Waals surface area contributed by atoms with Gasteiger partial charge in [0.25, 0.3) is 5.91 Å². The van der Waals surface area contributed by atoms with E-state index in [4.69, 9.17) is 0 Å². The molecule has 1 aromatic heterocycles. The summed E-state index contributed by atoms with van der Waals surface area (Å²) in [5.74, 6) is -0.260. The number of carbonyl (C=O) groups excluding carboxylic acids is 2. The van der Waals surface area contributed by atoms with E-state index in [9.17, 15) is 9.59 Å². The molecule has 0 atom stereocenters. The molecule has 126 valence electrons. The van der Waals surface area contributed by atoms with Crippen molar-refractivity contribution >= 4 is 11.8 Å². The standard InChI is InChI=1S/C18H27N3O2/c1-3-4-12-19-17(23)18(10-6-5-7-11-18)21-16(22)15-9-8-14(2)20-13-15/h8-9,13H,3-7,10-12H2,1-2H3,(H,19,23)(H,21,22). The summed E-state index contributed by atoms with van der Waals surface area (Å²) >= 11 is 0. The fourth-order valence-corrected chi connectivity index (χ4v) is 3.00. The molecule has 1 aromatic rings. The zero-order valence-electron chi connectivity index (χ0n) is 14.2. The van der Waals surface area contributed by atoms with E-state index < -0.39 is 5.54 Å². The van der Waals surface area contributed by atoms with Gasteiger partial charge in [-0.15, -0.1) is 0 Å². The Morgan fingerprint density at radius 1 is 1.22 bits per heavy atom. The maximum absolute atomic E-state index is 12.7. The topological polar surface area (TPSA) is 71.1 Å². The van der Waals surface area contributed by atoms with Crippen LogP contribution >= 0.6 is 0 Å². The molecule has 2 rings (SSSR count). The zero-order valence-corrected chi connectivity index (χ0v) is 14.2. The molecule has 0 spiro atoms. The molecule has 5 nitrogen and oxygen atoms in total. The summed E-state index contributed by atoms with van der Waals surface area (Å²) in [6, 6.07) is 3.56. The molecule has 23 heavy (non-hydrogen) atoms. The number of unbranched alkanes of at least 4 members (excludes halogenated alkanes) is 1. The minimum atomic E-state index is -0.770. The molecule has 0 radical (unpaired) electrons. The van der Waals surface area contributed by atoms with Crippen molar-refractivity contribution in [2.45, 2.75) is 64.3 Å². The van der Waals surface area contributed by atoms with Gasteiger partial charge in [0.15, 0.2) is 0 Å². The smallest absolute Gasteiger partial charge is 0.253 e. The van der Waals surface area contributed by atoms with Gasteiger partial charge in [-0.05, 0) is 38.3 Å². The van der Waals surface area contributed by atoms with E-state index in [-0.39, 0.29) is 11.8 Å². The van der Waals surface area contributed by atoms with Crippen LogP contribution in [-0.2, 0) is 4.79 Å². The van der Waals surface area contributed by atoms with E-state index in [1.165, 1.54) is 0 Å². The number of aromatic nitrogens is 1. The molecule has 0 aliphatic heterocycles. The summed E-state index contributed by atoms with van der Waals surface area (Å²) in [7, 11) is 0. The summed E-state index contributed by atoms with van der Waals surface area (Å²) in [5, 5.41) is 5.99. The number of pyridine rings is 1. The third-order valence-electron chi connectivity index (χ3n) is 4.48. The molecular formula is C18H27N3O2. The van der Waals surface area contributed by atoms with Gasteiger partial charge in [-0.25, -0.2) is 0 Å². The fourth-order valence-electron chi connectivity index (χ4n) is 3.00. The number of rotatable bonds is 6. The largest absolute Gasteiger partial charge is 0.354 e. The average Bonchev–Trinajstić information content (AvgIpc) is 2.56. The van der Waals surface area contributed by atoms with E-state index in [1.807, 2.05) is 13.0 Å². The van der Waals surface area contributed by atoms with Crippen molar-refractivity contribution < 1.29 is 9.59 Å². The lowest BCUT2D eigenvalue weighted by Crippen LogP contribution is -2.59. The summed E-state index contributed by atoms with van der Waals surface area (Å²) in [6.07, 6.45) is 8.02. The number of aryl methyl sites for hydroxylation is 1. The molecule has 2 N–H and O–H groups in total. The van der Waals surface area contributed by atoms with Gasteiger partial charge in [0.1, 0.15) is 5.54 Å². The first-order chi connectivity index (χ1) is 11.1. The van der Waals surface area contributed by atoms with Crippen molar-refractivity contribution in [1.29, 1.82) is 0 Å². The van der Waals surface area contributed by atoms with Crippen LogP contribution in [0.25, 0.3) is 0 Å². The van der Waals surface area contributed by atoms with Gasteiger partial charge < -0.3 is 10.6 Å². The van der Waals surface area contributed by atoms with Crippen LogP contribution in [0.4, 0.5) is 0 Å². The lowest BCUT2D eigenvalue weighted by atomic mass is 9.80. The number of carbonyl (C=O) groups is 2. The highest BCUT2D eigenvalue weighted by Crippen LogP contribution is 2.29. The summed E-state index contributed by atoms with van der Waals surface area (Å²) in [6.45, 7) is 4.64. The highest BCUT2D eigenvalue weighted by molar-refractivity contribution is 5.99. The predicted molar refractivity (Wildman–Crippen MR) is 90.2 cm³/mol. The van der Waals surface area contributed by atoms with Crippen LogP contribution in [0.5, 0.6) is 0 Å². The van der Waals surface area contributed by atoms with E-state index in [0.29, 0.717) is 24.9 Å². The molecule has 0 saturated heterocycles. The minimum absolute atomic E-state index is 0.0425. The molecule has 5 heteroatoms. The molecule has 2 amide bonds. The summed E-state index contributed by atoms with van der Waals surface area (Å²) < 4.78 is 0. The quantitative estimate of drug-likeness (QED) is 0.793. The van der Waals surface area contributed by atoms with Crippen LogP contribution in [0, 0.1) is 6.92 Å². The van der Waals surface area contributed by atoms with Crippen molar-refractivity contribution in [2.75, 3.05) is 6.54 Å². The zero-order chi connectivity index (χ0) is 16.7. The number of nitrogens with one attached hydrogen (secondary N) is 2. The van der Waals surface area contributed by atoms with Gasteiger partial charge >= 0.3 is 0 Å². The first-order valence-electron chi connectivity index (χ1n) is 8.61. The molecule has 0 unspecified atom stereocenters. The highest BCUT2D eigenvalue weighted by Gasteiger charge is 2.40. The maximum Gasteiger partial charge on any atom is 0.253 e. The molecule has 1 fully saturated rings. The van der Waals surface area contributed by atoms with E-state index in [2.05, 4.69) is 22.5 Å². The summed E-state index contributed by atoms with van der Waals surface area (Å²) in [4.78, 5) is 29.4. The molecule has 1 heterocycles. The Bertz CT molecular complexity index is 534. The second-order valence-corrected chi connectivity index (χ2v) is 6.39. The highest BCUT2D eigenvalue weighted by atomic mass is 16.2. The number of amides is 2. The first-order valence-corrected chi connectivity index (χ1v) is 8.61. The van der Waals surface area contributed by atoms with Gasteiger partial charge in [0, 0.05) is 18.4 Å². The van der Waals surface area contributed by atoms with Crippen LogP contribution in [0.15, 0.2) is 18.3 Å². The minimum Gasteiger partial charge on any atom is -0.354 e. The van der Waals surface area contributed by atoms with Gasteiger partial charge in [-0.2, -0.15) is 0 Å². The number of hydrogen-bond acceptors (Lipinski definition) is 3. The monoisotopic (exact) mass is 317 g/mol. The molecule has 0 aromatic carbocycles. The molecule has 1 saturated carbocycles. The van der Waals surface area contributed by atoms with Crippen molar-refractivity contribution in [2.24, 2.45) is 0 Å². The van der Waals surface area contributed by atoms with Crippen molar-refractivity contribution in [3.05, 3.63) is 29.6 Å². The summed E-state index contributed by atoms with van der Waals surface area (Å²) in [5.41, 5.74) is 0.599. The average molecular weight is 317 g/mol. The van der Waals surface area contributed by atoms with Crippen LogP contribution in [0.1, 0.15) is 67.9 Å². The Morgan fingerprint density at radius 2 is 1.96 bits per heavy atom. The van der Waals surface area contributed by atoms with Crippen molar-refractivity contribution in [3.63, 3.8) is 0 Å². The molecular weight excluding hydrogens is 290 g/mol. The van der Waals surface area contributed by atoms with Crippen molar-refractivity contribution in [1.82, 2.24) is 15.6 Å².